The number of hydrazine groups is 1. The molecule has 2 N–H and O–H groups in total. The number of methoxy groups -OCH3 is 1. The first-order valence-electron chi connectivity index (χ1n) is 9.68. The molecule has 2 aromatic rings. The van der Waals surface area contributed by atoms with E-state index in [4.69, 9.17) is 21.7 Å². The zero-order chi connectivity index (χ0) is 19.3. The summed E-state index contributed by atoms with van der Waals surface area (Å²) < 4.78 is 10.8. The van der Waals surface area contributed by atoms with E-state index in [1.165, 1.54) is 16.0 Å². The minimum atomic E-state index is -0.000877. The van der Waals surface area contributed by atoms with Crippen LogP contribution in [0.4, 0.5) is 0 Å². The SMILES string of the molecule is COc1ccc([C@@H]2NN(C[NH+]3CCOCC3)C(=S)N2Cc2ccccc2)cc1. The molecule has 6 nitrogen and oxygen atoms in total. The average Bonchev–Trinajstić information content (AvgIpc) is 3.05. The average molecular weight is 400 g/mol. The Morgan fingerprint density at radius 1 is 1.11 bits per heavy atom. The van der Waals surface area contributed by atoms with Crippen LogP contribution < -0.4 is 15.1 Å². The minimum absolute atomic E-state index is 0.000877. The summed E-state index contributed by atoms with van der Waals surface area (Å²) in [6.07, 6.45) is -0.000877. The second kappa shape index (κ2) is 8.87. The lowest BCUT2D eigenvalue weighted by Crippen LogP contribution is -3.15. The van der Waals surface area contributed by atoms with E-state index in [2.05, 4.69) is 51.7 Å². The van der Waals surface area contributed by atoms with Crippen molar-refractivity contribution in [3.05, 3.63) is 65.7 Å². The maximum absolute atomic E-state index is 5.88. The van der Waals surface area contributed by atoms with E-state index >= 15 is 0 Å². The Labute approximate surface area is 171 Å². The first-order chi connectivity index (χ1) is 13.7. The Hall–Kier alpha value is -2.19. The molecule has 2 saturated heterocycles. The van der Waals surface area contributed by atoms with Crippen LogP contribution in [0.3, 0.4) is 0 Å². The summed E-state index contributed by atoms with van der Waals surface area (Å²) >= 11 is 5.88. The number of nitrogens with zero attached hydrogens (tertiary/aromatic N) is 2. The van der Waals surface area contributed by atoms with Crippen molar-refractivity contribution in [1.82, 2.24) is 15.3 Å². The third-order valence-corrected chi connectivity index (χ3v) is 5.73. The van der Waals surface area contributed by atoms with Gasteiger partial charge in [0.15, 0.2) is 11.8 Å². The van der Waals surface area contributed by atoms with Gasteiger partial charge in [0.05, 0.1) is 20.3 Å². The lowest BCUT2D eigenvalue weighted by Gasteiger charge is -2.28. The summed E-state index contributed by atoms with van der Waals surface area (Å²) in [5.41, 5.74) is 6.03. The van der Waals surface area contributed by atoms with Gasteiger partial charge in [-0.15, -0.1) is 0 Å². The lowest BCUT2D eigenvalue weighted by atomic mass is 10.1. The summed E-state index contributed by atoms with van der Waals surface area (Å²) in [5.74, 6) is 0.855. The van der Waals surface area contributed by atoms with Gasteiger partial charge in [-0.1, -0.05) is 42.5 Å². The Balaban J connectivity index is 1.55. The van der Waals surface area contributed by atoms with Crippen molar-refractivity contribution in [2.45, 2.75) is 12.7 Å². The number of hydrogen-bond acceptors (Lipinski definition) is 4. The summed E-state index contributed by atoms with van der Waals surface area (Å²) in [5, 5.41) is 2.96. The highest BCUT2D eigenvalue weighted by Gasteiger charge is 2.36. The molecule has 2 heterocycles. The van der Waals surface area contributed by atoms with Crippen LogP contribution in [0.2, 0.25) is 0 Å². The van der Waals surface area contributed by atoms with Crippen molar-refractivity contribution in [2.75, 3.05) is 40.1 Å². The summed E-state index contributed by atoms with van der Waals surface area (Å²) in [6.45, 7) is 5.23. The quantitative estimate of drug-likeness (QED) is 0.711. The minimum Gasteiger partial charge on any atom is -0.497 e. The van der Waals surface area contributed by atoms with E-state index in [0.29, 0.717) is 0 Å². The van der Waals surface area contributed by atoms with Crippen molar-refractivity contribution >= 4 is 17.3 Å². The first kappa shape index (κ1) is 19.1. The van der Waals surface area contributed by atoms with Gasteiger partial charge in [-0.2, -0.15) is 0 Å². The van der Waals surface area contributed by atoms with Crippen LogP contribution in [0.5, 0.6) is 5.75 Å². The number of quaternary nitrogens is 1. The topological polar surface area (TPSA) is 41.4 Å². The van der Waals surface area contributed by atoms with Crippen LogP contribution >= 0.6 is 12.2 Å². The molecular formula is C21H27N4O2S+. The van der Waals surface area contributed by atoms with Crippen LogP contribution in [0, 0.1) is 0 Å². The Morgan fingerprint density at radius 3 is 2.50 bits per heavy atom. The van der Waals surface area contributed by atoms with Gasteiger partial charge in [-0.25, -0.2) is 10.4 Å². The largest absolute Gasteiger partial charge is 0.497 e. The molecule has 2 fully saturated rings. The van der Waals surface area contributed by atoms with E-state index in [-0.39, 0.29) is 6.17 Å². The van der Waals surface area contributed by atoms with E-state index in [1.807, 2.05) is 18.2 Å². The van der Waals surface area contributed by atoms with E-state index < -0.39 is 0 Å². The summed E-state index contributed by atoms with van der Waals surface area (Å²) in [7, 11) is 1.69. The van der Waals surface area contributed by atoms with Crippen LogP contribution in [0.25, 0.3) is 0 Å². The fourth-order valence-electron chi connectivity index (χ4n) is 3.67. The van der Waals surface area contributed by atoms with Crippen molar-refractivity contribution in [1.29, 1.82) is 0 Å². The molecule has 0 aliphatic carbocycles. The molecule has 4 rings (SSSR count). The molecule has 7 heteroatoms. The van der Waals surface area contributed by atoms with E-state index in [0.717, 1.165) is 50.4 Å². The zero-order valence-electron chi connectivity index (χ0n) is 16.1. The van der Waals surface area contributed by atoms with Gasteiger partial charge in [-0.3, -0.25) is 0 Å². The first-order valence-corrected chi connectivity index (χ1v) is 10.1. The van der Waals surface area contributed by atoms with E-state index in [1.54, 1.807) is 7.11 Å². The number of hydrogen-bond donors (Lipinski definition) is 2. The van der Waals surface area contributed by atoms with Crippen molar-refractivity contribution < 1.29 is 14.4 Å². The molecule has 0 spiro atoms. The third-order valence-electron chi connectivity index (χ3n) is 5.28. The maximum atomic E-state index is 5.88. The molecule has 2 aliphatic rings. The number of rotatable bonds is 6. The molecule has 28 heavy (non-hydrogen) atoms. The highest BCUT2D eigenvalue weighted by Crippen LogP contribution is 2.28. The number of nitrogens with one attached hydrogen (secondary N) is 2. The highest BCUT2D eigenvalue weighted by atomic mass is 32.1. The number of morpholine rings is 1. The van der Waals surface area contributed by atoms with Crippen LogP contribution in [0.15, 0.2) is 54.6 Å². The standard InChI is InChI=1S/C21H26N4O2S/c1-26-19-9-7-18(8-10-19)20-22-25(16-23-11-13-27-14-12-23)21(28)24(20)15-17-5-3-2-4-6-17/h2-10,20,22H,11-16H2,1H3/p+1/t20-/m1/s1. The normalized spacial score (nSPS) is 20.6. The fraction of sp³-hybridized carbons (Fsp3) is 0.381. The molecule has 148 valence electrons. The molecule has 0 saturated carbocycles. The molecule has 2 aliphatic heterocycles. The highest BCUT2D eigenvalue weighted by molar-refractivity contribution is 7.80. The van der Waals surface area contributed by atoms with Crippen molar-refractivity contribution in [2.24, 2.45) is 0 Å². The molecular weight excluding hydrogens is 372 g/mol. The smallest absolute Gasteiger partial charge is 0.192 e. The predicted octanol–water partition coefficient (Wildman–Crippen LogP) is 1.17. The molecule has 0 radical (unpaired) electrons. The number of ether oxygens (including phenoxy) is 2. The molecule has 1 atom stereocenters. The maximum Gasteiger partial charge on any atom is 0.192 e. The van der Waals surface area contributed by atoms with Crippen LogP contribution in [-0.4, -0.2) is 55.1 Å². The summed E-state index contributed by atoms with van der Waals surface area (Å²) in [6, 6.07) is 18.7. The number of benzene rings is 2. The Kier molecular flexibility index (Phi) is 6.07. The van der Waals surface area contributed by atoms with Gasteiger partial charge in [-0.05, 0) is 35.5 Å². The summed E-state index contributed by atoms with van der Waals surface area (Å²) in [4.78, 5) is 3.74. The molecule has 0 aromatic heterocycles. The molecule has 0 unspecified atom stereocenters. The van der Waals surface area contributed by atoms with E-state index in [9.17, 15) is 0 Å². The van der Waals surface area contributed by atoms with Crippen molar-refractivity contribution in [3.63, 3.8) is 0 Å². The van der Waals surface area contributed by atoms with Gasteiger partial charge in [0.2, 0.25) is 0 Å². The molecule has 0 bridgehead atoms. The predicted molar refractivity (Wildman–Crippen MR) is 112 cm³/mol. The second-order valence-electron chi connectivity index (χ2n) is 7.15. The molecule has 0 amide bonds. The Morgan fingerprint density at radius 2 is 1.82 bits per heavy atom. The van der Waals surface area contributed by atoms with Gasteiger partial charge in [0.25, 0.3) is 0 Å². The molecule has 2 aromatic carbocycles. The van der Waals surface area contributed by atoms with Gasteiger partial charge in [0.1, 0.15) is 25.0 Å². The Bertz CT molecular complexity index is 781. The zero-order valence-corrected chi connectivity index (χ0v) is 17.0. The van der Waals surface area contributed by atoms with Crippen LogP contribution in [0.1, 0.15) is 17.3 Å². The monoisotopic (exact) mass is 399 g/mol. The van der Waals surface area contributed by atoms with Gasteiger partial charge in [0, 0.05) is 6.54 Å². The fourth-order valence-corrected chi connectivity index (χ4v) is 3.96. The lowest BCUT2D eigenvalue weighted by molar-refractivity contribution is -0.917. The number of thiocarbonyl (C=S) groups is 1. The third kappa shape index (κ3) is 4.28. The van der Waals surface area contributed by atoms with Gasteiger partial charge >= 0.3 is 0 Å². The van der Waals surface area contributed by atoms with Gasteiger partial charge < -0.3 is 19.3 Å². The van der Waals surface area contributed by atoms with Crippen molar-refractivity contribution in [3.8, 4) is 5.75 Å². The second-order valence-corrected chi connectivity index (χ2v) is 7.51. The van der Waals surface area contributed by atoms with Crippen LogP contribution in [-0.2, 0) is 11.3 Å².